The van der Waals surface area contributed by atoms with Gasteiger partial charge in [0, 0.05) is 6.04 Å². The molecule has 190 valence electrons. The molecule has 4 N–H and O–H groups in total. The maximum absolute atomic E-state index is 12.9. The Morgan fingerprint density at radius 3 is 2.64 bits per heavy atom. The number of carbonyl (C=O) groups excluding carboxylic acids is 2. The highest BCUT2D eigenvalue weighted by Crippen LogP contribution is 2.57. The number of benzene rings is 1. The van der Waals surface area contributed by atoms with Crippen molar-refractivity contribution in [2.45, 2.75) is 64.2 Å². The van der Waals surface area contributed by atoms with Gasteiger partial charge in [-0.1, -0.05) is 11.6 Å². The normalized spacial score (nSPS) is 23.1. The number of fused-ring (bicyclic) bond motifs is 1. The van der Waals surface area contributed by atoms with E-state index in [0.717, 1.165) is 31.2 Å². The van der Waals surface area contributed by atoms with Gasteiger partial charge in [0.15, 0.2) is 0 Å². The molecule has 2 aromatic heterocycles. The van der Waals surface area contributed by atoms with E-state index in [-0.39, 0.29) is 30.1 Å². The molecule has 2 amide bonds. The number of primary amides is 1. The first-order chi connectivity index (χ1) is 17.0. The van der Waals surface area contributed by atoms with Gasteiger partial charge in [-0.05, 0) is 76.1 Å². The molecule has 2 aliphatic rings. The van der Waals surface area contributed by atoms with E-state index in [1.807, 2.05) is 19.1 Å². The van der Waals surface area contributed by atoms with Crippen LogP contribution in [-0.2, 0) is 0 Å². The first kappa shape index (κ1) is 24.1. The van der Waals surface area contributed by atoms with Gasteiger partial charge in [0.1, 0.15) is 18.1 Å². The molecule has 2 fully saturated rings. The summed E-state index contributed by atoms with van der Waals surface area (Å²) in [6, 6.07) is 9.15. The van der Waals surface area contributed by atoms with Gasteiger partial charge in [-0.3, -0.25) is 9.59 Å². The molecule has 5 rings (SSSR count). The molecule has 9 nitrogen and oxygen atoms in total. The number of aryl methyl sites for hydroxylation is 1. The Balaban J connectivity index is 1.13. The van der Waals surface area contributed by atoms with E-state index in [4.69, 9.17) is 15.2 Å². The van der Waals surface area contributed by atoms with Crippen molar-refractivity contribution in [3.05, 3.63) is 59.4 Å². The van der Waals surface area contributed by atoms with Crippen LogP contribution in [0.3, 0.4) is 0 Å². The van der Waals surface area contributed by atoms with Gasteiger partial charge in [-0.25, -0.2) is 4.52 Å². The smallest absolute Gasteiger partial charge is 0.255 e. The molecule has 1 aromatic carbocycles. The van der Waals surface area contributed by atoms with Crippen LogP contribution in [0.15, 0.2) is 42.7 Å². The lowest BCUT2D eigenvalue weighted by Crippen LogP contribution is -2.58. The second-order valence-corrected chi connectivity index (χ2v) is 10.9. The van der Waals surface area contributed by atoms with E-state index in [1.165, 1.54) is 0 Å². The molecule has 0 saturated heterocycles. The fourth-order valence-electron chi connectivity index (χ4n) is 5.28. The zero-order chi connectivity index (χ0) is 25.7. The summed E-state index contributed by atoms with van der Waals surface area (Å²) in [5, 5.41) is 17.3. The summed E-state index contributed by atoms with van der Waals surface area (Å²) in [6.07, 6.45) is 6.92. The highest BCUT2D eigenvalue weighted by molar-refractivity contribution is 6.00. The maximum atomic E-state index is 12.9. The third kappa shape index (κ3) is 4.88. The zero-order valence-corrected chi connectivity index (χ0v) is 20.8. The first-order valence-corrected chi connectivity index (χ1v) is 12.2. The third-order valence-corrected chi connectivity index (χ3v) is 7.04. The minimum atomic E-state index is -0.941. The van der Waals surface area contributed by atoms with Crippen LogP contribution in [0.25, 0.3) is 5.52 Å². The SMILES string of the molecule is Cc1ccc(OC2CC3(CC(NC(=O)c4cnn5cc(OCC(C)(C)O)ccc45)C3)C2)c(C(N)=O)c1. The molecule has 0 bridgehead atoms. The average molecular weight is 493 g/mol. The van der Waals surface area contributed by atoms with Crippen molar-refractivity contribution < 1.29 is 24.2 Å². The number of aromatic nitrogens is 2. The van der Waals surface area contributed by atoms with Crippen LogP contribution in [0.1, 0.15) is 65.8 Å². The van der Waals surface area contributed by atoms with Gasteiger partial charge in [0.25, 0.3) is 11.8 Å². The number of nitrogens with zero attached hydrogens (tertiary/aromatic N) is 2. The average Bonchev–Trinajstić information content (AvgIpc) is 3.18. The van der Waals surface area contributed by atoms with E-state index in [1.54, 1.807) is 49.0 Å². The molecule has 0 atom stereocenters. The van der Waals surface area contributed by atoms with Crippen molar-refractivity contribution in [2.24, 2.45) is 11.1 Å². The lowest BCUT2D eigenvalue weighted by molar-refractivity contribution is -0.0834. The Labute approximate surface area is 209 Å². The van der Waals surface area contributed by atoms with Crippen molar-refractivity contribution in [1.29, 1.82) is 0 Å². The van der Waals surface area contributed by atoms with Gasteiger partial charge in [-0.2, -0.15) is 5.10 Å². The molecular weight excluding hydrogens is 460 g/mol. The number of aliphatic hydroxyl groups is 1. The van der Waals surface area contributed by atoms with Gasteiger partial charge in [0.2, 0.25) is 0 Å². The van der Waals surface area contributed by atoms with Crippen LogP contribution >= 0.6 is 0 Å². The third-order valence-electron chi connectivity index (χ3n) is 7.04. The minimum absolute atomic E-state index is 0.0508. The van der Waals surface area contributed by atoms with Gasteiger partial charge in [-0.15, -0.1) is 0 Å². The molecule has 36 heavy (non-hydrogen) atoms. The van der Waals surface area contributed by atoms with Crippen LogP contribution in [0.2, 0.25) is 0 Å². The summed E-state index contributed by atoms with van der Waals surface area (Å²) in [6.45, 7) is 5.41. The van der Waals surface area contributed by atoms with Gasteiger partial charge in [0.05, 0.1) is 40.7 Å². The summed E-state index contributed by atoms with van der Waals surface area (Å²) >= 11 is 0. The second kappa shape index (κ2) is 8.81. The Morgan fingerprint density at radius 1 is 1.19 bits per heavy atom. The van der Waals surface area contributed by atoms with Crippen molar-refractivity contribution in [1.82, 2.24) is 14.9 Å². The fraction of sp³-hybridized carbons (Fsp3) is 0.444. The summed E-state index contributed by atoms with van der Waals surface area (Å²) in [7, 11) is 0. The van der Waals surface area contributed by atoms with Crippen molar-refractivity contribution in [2.75, 3.05) is 6.61 Å². The lowest BCUT2D eigenvalue weighted by Gasteiger charge is -2.57. The van der Waals surface area contributed by atoms with Crippen LogP contribution in [0.4, 0.5) is 0 Å². The molecule has 9 heteroatoms. The summed E-state index contributed by atoms with van der Waals surface area (Å²) in [5.74, 6) is 0.474. The number of amides is 2. The molecule has 2 aliphatic carbocycles. The predicted molar refractivity (Wildman–Crippen MR) is 133 cm³/mol. The number of ether oxygens (including phenoxy) is 2. The van der Waals surface area contributed by atoms with Gasteiger partial charge < -0.3 is 25.6 Å². The molecule has 2 heterocycles. The van der Waals surface area contributed by atoms with Crippen LogP contribution in [0, 0.1) is 12.3 Å². The Hall–Kier alpha value is -3.59. The molecule has 0 unspecified atom stereocenters. The first-order valence-electron chi connectivity index (χ1n) is 12.2. The molecule has 1 spiro atoms. The van der Waals surface area contributed by atoms with Crippen molar-refractivity contribution in [3.63, 3.8) is 0 Å². The number of rotatable bonds is 8. The minimum Gasteiger partial charge on any atom is -0.490 e. The molecular formula is C27H32N4O5. The second-order valence-electron chi connectivity index (χ2n) is 10.9. The number of nitrogens with two attached hydrogens (primary N) is 1. The number of nitrogens with one attached hydrogen (secondary N) is 1. The zero-order valence-electron chi connectivity index (χ0n) is 20.8. The summed E-state index contributed by atoms with van der Waals surface area (Å²) in [5.41, 5.74) is 7.34. The summed E-state index contributed by atoms with van der Waals surface area (Å²) < 4.78 is 13.3. The number of hydrogen-bond donors (Lipinski definition) is 3. The maximum Gasteiger partial charge on any atom is 0.255 e. The Bertz CT molecular complexity index is 1310. The van der Waals surface area contributed by atoms with Crippen molar-refractivity contribution in [3.8, 4) is 11.5 Å². The summed E-state index contributed by atoms with van der Waals surface area (Å²) in [4.78, 5) is 24.7. The number of carbonyl (C=O) groups is 2. The van der Waals surface area contributed by atoms with E-state index in [2.05, 4.69) is 10.4 Å². The number of hydrogen-bond acceptors (Lipinski definition) is 6. The lowest BCUT2D eigenvalue weighted by atomic mass is 9.53. The van der Waals surface area contributed by atoms with Gasteiger partial charge >= 0.3 is 0 Å². The fourth-order valence-corrected chi connectivity index (χ4v) is 5.28. The van der Waals surface area contributed by atoms with Crippen LogP contribution < -0.4 is 20.5 Å². The molecule has 0 aliphatic heterocycles. The Kier molecular flexibility index (Phi) is 5.90. The predicted octanol–water partition coefficient (Wildman–Crippen LogP) is 3.01. The Morgan fingerprint density at radius 2 is 1.94 bits per heavy atom. The van der Waals surface area contributed by atoms with Crippen LogP contribution in [0.5, 0.6) is 11.5 Å². The number of pyridine rings is 1. The van der Waals surface area contributed by atoms with E-state index < -0.39 is 11.5 Å². The van der Waals surface area contributed by atoms with Crippen molar-refractivity contribution >= 4 is 17.3 Å². The standard InChI is InChI=1S/C27H32N4O5/c1-16-4-7-23(20(8-16)24(28)32)36-19-11-27(12-19)9-17(10-27)30-25(33)21-13-29-31-14-18(5-6-22(21)31)35-15-26(2,3)34/h4-8,13-14,17,19,34H,9-12,15H2,1-3H3,(H2,28,32)(H,30,33). The quantitative estimate of drug-likeness (QED) is 0.444. The highest BCUT2D eigenvalue weighted by Gasteiger charge is 2.54. The van der Waals surface area contributed by atoms with E-state index in [9.17, 15) is 14.7 Å². The molecule has 0 radical (unpaired) electrons. The largest absolute Gasteiger partial charge is 0.490 e. The monoisotopic (exact) mass is 492 g/mol. The molecule has 2 saturated carbocycles. The molecule has 3 aromatic rings. The van der Waals surface area contributed by atoms with E-state index in [0.29, 0.717) is 28.1 Å². The highest BCUT2D eigenvalue weighted by atomic mass is 16.5. The van der Waals surface area contributed by atoms with E-state index >= 15 is 0 Å². The van der Waals surface area contributed by atoms with Crippen LogP contribution in [-0.4, -0.2) is 50.9 Å². The topological polar surface area (TPSA) is 128 Å².